The van der Waals surface area contributed by atoms with E-state index >= 15 is 0 Å². The first-order chi connectivity index (χ1) is 6.72. The number of hydrogen-bond donors (Lipinski definition) is 1. The summed E-state index contributed by atoms with van der Waals surface area (Å²) in [5, 5.41) is 8.63. The lowest BCUT2D eigenvalue weighted by molar-refractivity contribution is -0.138. The van der Waals surface area contributed by atoms with Crippen molar-refractivity contribution in [1.29, 1.82) is 0 Å². The van der Waals surface area contributed by atoms with Gasteiger partial charge in [-0.1, -0.05) is 0 Å². The van der Waals surface area contributed by atoms with Crippen LogP contribution in [0.3, 0.4) is 0 Å². The third kappa shape index (κ3) is 3.80. The van der Waals surface area contributed by atoms with Crippen LogP contribution in [-0.4, -0.2) is 35.6 Å². The van der Waals surface area contributed by atoms with Gasteiger partial charge in [-0.15, -0.1) is 11.8 Å². The van der Waals surface area contributed by atoms with Crippen molar-refractivity contribution < 1.29 is 9.90 Å². The van der Waals surface area contributed by atoms with Crippen molar-refractivity contribution >= 4 is 5.97 Å². The summed E-state index contributed by atoms with van der Waals surface area (Å²) in [7, 11) is 0. The summed E-state index contributed by atoms with van der Waals surface area (Å²) >= 11 is 0. The van der Waals surface area contributed by atoms with Crippen molar-refractivity contribution in [3.63, 3.8) is 0 Å². The van der Waals surface area contributed by atoms with Gasteiger partial charge in [-0.05, 0) is 25.8 Å². The van der Waals surface area contributed by atoms with Crippen LogP contribution in [0.15, 0.2) is 0 Å². The molecule has 1 N–H and O–H groups in total. The average Bonchev–Trinajstić information content (AvgIpc) is 2.52. The molecule has 0 aromatic heterocycles. The van der Waals surface area contributed by atoms with Gasteiger partial charge in [0.2, 0.25) is 0 Å². The SMILES string of the molecule is CC#CCCN1CCC(CC(=O)O)C1. The van der Waals surface area contributed by atoms with Crippen molar-refractivity contribution in [3.05, 3.63) is 0 Å². The predicted octanol–water partition coefficient (Wildman–Crippen LogP) is 1.20. The lowest BCUT2D eigenvalue weighted by atomic mass is 10.1. The minimum atomic E-state index is -0.676. The van der Waals surface area contributed by atoms with Crippen molar-refractivity contribution in [2.24, 2.45) is 5.92 Å². The molecule has 1 saturated heterocycles. The highest BCUT2D eigenvalue weighted by molar-refractivity contribution is 5.67. The van der Waals surface area contributed by atoms with E-state index < -0.39 is 5.97 Å². The second-order valence-corrected chi connectivity index (χ2v) is 3.73. The summed E-state index contributed by atoms with van der Waals surface area (Å²) in [6, 6.07) is 0. The highest BCUT2D eigenvalue weighted by atomic mass is 16.4. The maximum absolute atomic E-state index is 10.5. The van der Waals surface area contributed by atoms with Gasteiger partial charge >= 0.3 is 5.97 Å². The molecule has 0 amide bonds. The summed E-state index contributed by atoms with van der Waals surface area (Å²) in [6.07, 6.45) is 2.23. The molecule has 0 saturated carbocycles. The molecule has 1 aliphatic rings. The molecule has 1 unspecified atom stereocenters. The molecule has 78 valence electrons. The molecule has 1 fully saturated rings. The van der Waals surface area contributed by atoms with E-state index in [2.05, 4.69) is 16.7 Å². The lowest BCUT2D eigenvalue weighted by Crippen LogP contribution is -2.22. The number of aliphatic carboxylic acids is 1. The molecule has 1 atom stereocenters. The second kappa shape index (κ2) is 5.66. The van der Waals surface area contributed by atoms with Gasteiger partial charge in [0.25, 0.3) is 0 Å². The van der Waals surface area contributed by atoms with Crippen LogP contribution in [0.2, 0.25) is 0 Å². The lowest BCUT2D eigenvalue weighted by Gasteiger charge is -2.13. The van der Waals surface area contributed by atoms with E-state index in [1.165, 1.54) is 0 Å². The molecule has 0 bridgehead atoms. The fraction of sp³-hybridized carbons (Fsp3) is 0.727. The molecule has 1 heterocycles. The Morgan fingerprint density at radius 2 is 2.43 bits per heavy atom. The molecule has 1 aliphatic heterocycles. The third-order valence-corrected chi connectivity index (χ3v) is 2.56. The Balaban J connectivity index is 2.19. The van der Waals surface area contributed by atoms with E-state index in [0.717, 1.165) is 32.5 Å². The molecule has 0 spiro atoms. The highest BCUT2D eigenvalue weighted by Crippen LogP contribution is 2.19. The van der Waals surface area contributed by atoms with Gasteiger partial charge in [-0.2, -0.15) is 0 Å². The summed E-state index contributed by atoms with van der Waals surface area (Å²) in [6.45, 7) is 4.79. The van der Waals surface area contributed by atoms with E-state index in [1.807, 2.05) is 6.92 Å². The number of carboxylic acids is 1. The summed E-state index contributed by atoms with van der Waals surface area (Å²) in [5.41, 5.74) is 0. The largest absolute Gasteiger partial charge is 0.481 e. The van der Waals surface area contributed by atoms with Crippen molar-refractivity contribution in [2.75, 3.05) is 19.6 Å². The third-order valence-electron chi connectivity index (χ3n) is 2.56. The molecule has 0 aliphatic carbocycles. The first-order valence-electron chi connectivity index (χ1n) is 5.06. The molecular formula is C11H17NO2. The molecule has 1 rings (SSSR count). The van der Waals surface area contributed by atoms with Crippen LogP contribution in [0.4, 0.5) is 0 Å². The van der Waals surface area contributed by atoms with Crippen LogP contribution in [0.25, 0.3) is 0 Å². The van der Waals surface area contributed by atoms with E-state index in [9.17, 15) is 4.79 Å². The number of carbonyl (C=O) groups is 1. The van der Waals surface area contributed by atoms with Crippen molar-refractivity contribution in [2.45, 2.75) is 26.2 Å². The van der Waals surface area contributed by atoms with E-state index in [1.54, 1.807) is 0 Å². The van der Waals surface area contributed by atoms with Gasteiger partial charge in [0.1, 0.15) is 0 Å². The zero-order chi connectivity index (χ0) is 10.4. The van der Waals surface area contributed by atoms with E-state index in [-0.39, 0.29) is 0 Å². The van der Waals surface area contributed by atoms with Gasteiger partial charge in [0.05, 0.1) is 0 Å². The van der Waals surface area contributed by atoms with Gasteiger partial charge in [-0.25, -0.2) is 0 Å². The smallest absolute Gasteiger partial charge is 0.303 e. The highest BCUT2D eigenvalue weighted by Gasteiger charge is 2.23. The van der Waals surface area contributed by atoms with E-state index in [0.29, 0.717) is 12.3 Å². The van der Waals surface area contributed by atoms with Gasteiger partial charge in [-0.3, -0.25) is 4.79 Å². The maximum atomic E-state index is 10.5. The monoisotopic (exact) mass is 195 g/mol. The predicted molar refractivity (Wildman–Crippen MR) is 54.9 cm³/mol. The molecule has 0 aromatic carbocycles. The van der Waals surface area contributed by atoms with Crippen LogP contribution in [0.5, 0.6) is 0 Å². The fourth-order valence-electron chi connectivity index (χ4n) is 1.87. The van der Waals surface area contributed by atoms with Crippen LogP contribution >= 0.6 is 0 Å². The minimum absolute atomic E-state index is 0.315. The molecule has 0 radical (unpaired) electrons. The number of nitrogens with zero attached hydrogens (tertiary/aromatic N) is 1. The van der Waals surface area contributed by atoms with Crippen LogP contribution in [-0.2, 0) is 4.79 Å². The quantitative estimate of drug-likeness (QED) is 0.685. The van der Waals surface area contributed by atoms with Gasteiger partial charge < -0.3 is 10.0 Å². The Bertz CT molecular complexity index is 252. The Kier molecular flexibility index (Phi) is 4.48. The minimum Gasteiger partial charge on any atom is -0.481 e. The average molecular weight is 195 g/mol. The number of likely N-dealkylation sites (tertiary alicyclic amines) is 1. The number of rotatable bonds is 4. The second-order valence-electron chi connectivity index (χ2n) is 3.73. The topological polar surface area (TPSA) is 40.5 Å². The zero-order valence-electron chi connectivity index (χ0n) is 8.62. The van der Waals surface area contributed by atoms with E-state index in [4.69, 9.17) is 5.11 Å². The van der Waals surface area contributed by atoms with Crippen molar-refractivity contribution in [1.82, 2.24) is 4.90 Å². The molecule has 3 nitrogen and oxygen atoms in total. The number of carboxylic acid groups (broad SMARTS) is 1. The maximum Gasteiger partial charge on any atom is 0.303 e. The van der Waals surface area contributed by atoms with Gasteiger partial charge in [0.15, 0.2) is 0 Å². The Morgan fingerprint density at radius 1 is 1.64 bits per heavy atom. The fourth-order valence-corrected chi connectivity index (χ4v) is 1.87. The van der Waals surface area contributed by atoms with Crippen LogP contribution < -0.4 is 0 Å². The summed E-state index contributed by atoms with van der Waals surface area (Å²) in [4.78, 5) is 12.8. The first-order valence-corrected chi connectivity index (χ1v) is 5.06. The molecular weight excluding hydrogens is 178 g/mol. The molecule has 3 heteroatoms. The standard InChI is InChI=1S/C11H17NO2/c1-2-3-4-6-12-7-5-10(9-12)8-11(13)14/h10H,4-9H2,1H3,(H,13,14). The molecule has 14 heavy (non-hydrogen) atoms. The zero-order valence-corrected chi connectivity index (χ0v) is 8.62. The normalized spacial score (nSPS) is 21.6. The first kappa shape index (κ1) is 11.1. The van der Waals surface area contributed by atoms with Gasteiger partial charge in [0, 0.05) is 25.9 Å². The number of hydrogen-bond acceptors (Lipinski definition) is 2. The van der Waals surface area contributed by atoms with Crippen LogP contribution in [0.1, 0.15) is 26.2 Å². The molecule has 0 aromatic rings. The summed E-state index contributed by atoms with van der Waals surface area (Å²) in [5.74, 6) is 5.56. The van der Waals surface area contributed by atoms with Crippen molar-refractivity contribution in [3.8, 4) is 11.8 Å². The summed E-state index contributed by atoms with van der Waals surface area (Å²) < 4.78 is 0. The Hall–Kier alpha value is -1.01. The Morgan fingerprint density at radius 3 is 3.07 bits per heavy atom. The Labute approximate surface area is 85.1 Å². The van der Waals surface area contributed by atoms with Crippen LogP contribution in [0, 0.1) is 17.8 Å².